The molecule has 23 heavy (non-hydrogen) atoms. The van der Waals surface area contributed by atoms with Crippen molar-refractivity contribution in [3.63, 3.8) is 0 Å². The van der Waals surface area contributed by atoms with Gasteiger partial charge in [-0.15, -0.1) is 12.4 Å². The van der Waals surface area contributed by atoms with Crippen LogP contribution in [0, 0.1) is 5.92 Å². The molecule has 0 radical (unpaired) electrons. The molecule has 0 saturated heterocycles. The van der Waals surface area contributed by atoms with Gasteiger partial charge in [-0.1, -0.05) is 99.7 Å². The van der Waals surface area contributed by atoms with Crippen molar-refractivity contribution in [2.24, 2.45) is 5.92 Å². The lowest BCUT2D eigenvalue weighted by Crippen LogP contribution is -1.99. The molecule has 2 rings (SSSR count). The average Bonchev–Trinajstić information content (AvgIpc) is 2.56. The van der Waals surface area contributed by atoms with Gasteiger partial charge in [-0.25, -0.2) is 0 Å². The first-order chi connectivity index (χ1) is 10.8. The van der Waals surface area contributed by atoms with Crippen molar-refractivity contribution in [1.29, 1.82) is 0 Å². The maximum Gasteiger partial charge on any atom is -0.0253 e. The highest BCUT2D eigenvalue weighted by Crippen LogP contribution is 2.16. The molecule has 2 aromatic carbocycles. The SMILES string of the molecule is CC(CCCCCCCc1ccccc1)Cc1ccccc1.Cl. The zero-order chi connectivity index (χ0) is 15.5. The largest absolute Gasteiger partial charge is 0.147 e. The zero-order valence-electron chi connectivity index (χ0n) is 14.4. The Morgan fingerprint density at radius 3 is 1.83 bits per heavy atom. The molecule has 0 aromatic heterocycles. The third kappa shape index (κ3) is 8.81. The maximum absolute atomic E-state index is 2.39. The molecule has 0 fully saturated rings. The molecule has 0 aliphatic rings. The molecule has 0 aliphatic carbocycles. The molecule has 0 aliphatic heterocycles. The number of benzene rings is 2. The summed E-state index contributed by atoms with van der Waals surface area (Å²) in [6, 6.07) is 21.8. The summed E-state index contributed by atoms with van der Waals surface area (Å²) >= 11 is 0. The Hall–Kier alpha value is -1.27. The first-order valence-electron chi connectivity index (χ1n) is 8.92. The van der Waals surface area contributed by atoms with Gasteiger partial charge in [0.05, 0.1) is 0 Å². The Bertz CT molecular complexity index is 492. The number of aryl methyl sites for hydroxylation is 1. The van der Waals surface area contributed by atoms with Crippen LogP contribution in [0.2, 0.25) is 0 Å². The molecular formula is C22H31Cl. The van der Waals surface area contributed by atoms with E-state index >= 15 is 0 Å². The standard InChI is InChI=1S/C22H30.ClH/c1-20(19-22-17-11-6-12-18-22)13-7-3-2-4-8-14-21-15-9-5-10-16-21;/h5-6,9-12,15-18,20H,2-4,7-8,13-14,19H2,1H3;1H. The van der Waals surface area contributed by atoms with Gasteiger partial charge in [0, 0.05) is 0 Å². The van der Waals surface area contributed by atoms with E-state index in [9.17, 15) is 0 Å². The minimum absolute atomic E-state index is 0. The zero-order valence-corrected chi connectivity index (χ0v) is 15.2. The normalized spacial score (nSPS) is 11.7. The number of rotatable bonds is 10. The topological polar surface area (TPSA) is 0 Å². The van der Waals surface area contributed by atoms with Gasteiger partial charge in [-0.3, -0.25) is 0 Å². The molecule has 126 valence electrons. The van der Waals surface area contributed by atoms with Gasteiger partial charge in [-0.2, -0.15) is 0 Å². The van der Waals surface area contributed by atoms with Crippen molar-refractivity contribution < 1.29 is 0 Å². The van der Waals surface area contributed by atoms with Gasteiger partial charge in [-0.05, 0) is 36.3 Å². The van der Waals surface area contributed by atoms with Crippen molar-refractivity contribution >= 4 is 12.4 Å². The molecule has 1 heteroatoms. The highest BCUT2D eigenvalue weighted by molar-refractivity contribution is 5.85. The Labute approximate surface area is 148 Å². The maximum atomic E-state index is 2.39. The summed E-state index contributed by atoms with van der Waals surface area (Å²) in [6.45, 7) is 2.39. The summed E-state index contributed by atoms with van der Waals surface area (Å²) in [5.41, 5.74) is 2.97. The van der Waals surface area contributed by atoms with Crippen LogP contribution in [0.15, 0.2) is 60.7 Å². The predicted molar refractivity (Wildman–Crippen MR) is 104 cm³/mol. The lowest BCUT2D eigenvalue weighted by molar-refractivity contribution is 0.482. The van der Waals surface area contributed by atoms with E-state index in [1.54, 1.807) is 0 Å². The quantitative estimate of drug-likeness (QED) is 0.417. The van der Waals surface area contributed by atoms with Gasteiger partial charge in [0.1, 0.15) is 0 Å². The van der Waals surface area contributed by atoms with Crippen LogP contribution in [0.25, 0.3) is 0 Å². The third-order valence-corrected chi connectivity index (χ3v) is 4.43. The number of halogens is 1. The Kier molecular flexibility index (Phi) is 10.5. The third-order valence-electron chi connectivity index (χ3n) is 4.43. The summed E-state index contributed by atoms with van der Waals surface area (Å²) in [5, 5.41) is 0. The second-order valence-electron chi connectivity index (χ2n) is 6.59. The molecular weight excluding hydrogens is 300 g/mol. The molecule has 0 N–H and O–H groups in total. The van der Waals surface area contributed by atoms with Crippen molar-refractivity contribution in [3.8, 4) is 0 Å². The summed E-state index contributed by atoms with van der Waals surface area (Å²) in [5.74, 6) is 0.812. The highest BCUT2D eigenvalue weighted by Gasteiger charge is 2.03. The molecule has 0 spiro atoms. The van der Waals surface area contributed by atoms with Crippen molar-refractivity contribution in [3.05, 3.63) is 71.8 Å². The van der Waals surface area contributed by atoms with E-state index < -0.39 is 0 Å². The number of hydrogen-bond acceptors (Lipinski definition) is 0. The van der Waals surface area contributed by atoms with E-state index in [4.69, 9.17) is 0 Å². The predicted octanol–water partition coefficient (Wildman–Crippen LogP) is 6.87. The number of hydrogen-bond donors (Lipinski definition) is 0. The average molecular weight is 331 g/mol. The Balaban J connectivity index is 0.00000264. The van der Waals surface area contributed by atoms with Crippen molar-refractivity contribution in [1.82, 2.24) is 0 Å². The van der Waals surface area contributed by atoms with Crippen LogP contribution in [-0.2, 0) is 12.8 Å². The van der Waals surface area contributed by atoms with Gasteiger partial charge in [0.15, 0.2) is 0 Å². The monoisotopic (exact) mass is 330 g/mol. The van der Waals surface area contributed by atoms with Crippen LogP contribution < -0.4 is 0 Å². The van der Waals surface area contributed by atoms with E-state index in [1.165, 1.54) is 62.5 Å². The molecule has 0 heterocycles. The van der Waals surface area contributed by atoms with Crippen molar-refractivity contribution in [2.45, 2.75) is 58.3 Å². The summed E-state index contributed by atoms with van der Waals surface area (Å²) in [7, 11) is 0. The molecule has 2 aromatic rings. The smallest absolute Gasteiger partial charge is 0.0253 e. The van der Waals surface area contributed by atoms with E-state index in [1.807, 2.05) is 0 Å². The summed E-state index contributed by atoms with van der Waals surface area (Å²) < 4.78 is 0. The van der Waals surface area contributed by atoms with E-state index in [0.717, 1.165) is 5.92 Å². The van der Waals surface area contributed by atoms with Crippen LogP contribution in [0.5, 0.6) is 0 Å². The fourth-order valence-corrected chi connectivity index (χ4v) is 3.12. The van der Waals surface area contributed by atoms with Gasteiger partial charge >= 0.3 is 0 Å². The second kappa shape index (κ2) is 12.2. The first kappa shape index (κ1) is 19.8. The second-order valence-corrected chi connectivity index (χ2v) is 6.59. The summed E-state index contributed by atoms with van der Waals surface area (Å²) in [6.07, 6.45) is 10.7. The van der Waals surface area contributed by atoms with Gasteiger partial charge in [0.25, 0.3) is 0 Å². The molecule has 0 saturated carbocycles. The molecule has 0 bridgehead atoms. The molecule has 1 atom stereocenters. The first-order valence-corrected chi connectivity index (χ1v) is 8.92. The van der Waals surface area contributed by atoms with Crippen molar-refractivity contribution in [2.75, 3.05) is 0 Å². The summed E-state index contributed by atoms with van der Waals surface area (Å²) in [4.78, 5) is 0. The highest BCUT2D eigenvalue weighted by atomic mass is 35.5. The van der Waals surface area contributed by atoms with Crippen LogP contribution in [0.3, 0.4) is 0 Å². The van der Waals surface area contributed by atoms with Crippen LogP contribution in [0.4, 0.5) is 0 Å². The minimum atomic E-state index is 0. The molecule has 1 unspecified atom stereocenters. The lowest BCUT2D eigenvalue weighted by atomic mass is 9.95. The van der Waals surface area contributed by atoms with E-state index in [2.05, 4.69) is 67.6 Å². The Morgan fingerprint density at radius 1 is 0.652 bits per heavy atom. The van der Waals surface area contributed by atoms with Crippen LogP contribution in [-0.4, -0.2) is 0 Å². The minimum Gasteiger partial charge on any atom is -0.147 e. The lowest BCUT2D eigenvalue weighted by Gasteiger charge is -2.11. The van der Waals surface area contributed by atoms with Gasteiger partial charge < -0.3 is 0 Å². The number of unbranched alkanes of at least 4 members (excludes halogenated alkanes) is 4. The molecule has 0 nitrogen and oxygen atoms in total. The van der Waals surface area contributed by atoms with Crippen LogP contribution in [0.1, 0.15) is 56.6 Å². The van der Waals surface area contributed by atoms with E-state index in [-0.39, 0.29) is 12.4 Å². The van der Waals surface area contributed by atoms with E-state index in [0.29, 0.717) is 0 Å². The van der Waals surface area contributed by atoms with Gasteiger partial charge in [0.2, 0.25) is 0 Å². The molecule has 0 amide bonds. The van der Waals surface area contributed by atoms with Crippen LogP contribution >= 0.6 is 12.4 Å². The Morgan fingerprint density at radius 2 is 1.17 bits per heavy atom. The fraction of sp³-hybridized carbons (Fsp3) is 0.455. The fourth-order valence-electron chi connectivity index (χ4n) is 3.12.